The Hall–Kier alpha value is -2.82. The largest absolute Gasteiger partial charge is 0.451 e. The molecular formula is C19H17FN2O2. The maximum Gasteiger partial charge on any atom is 0.291 e. The molecule has 2 aromatic carbocycles. The number of hydrogen-bond acceptors (Lipinski definition) is 3. The lowest BCUT2D eigenvalue weighted by Crippen LogP contribution is -2.13. The molecular weight excluding hydrogens is 307 g/mol. The van der Waals surface area contributed by atoms with E-state index in [1.165, 1.54) is 12.1 Å². The summed E-state index contributed by atoms with van der Waals surface area (Å²) in [5, 5.41) is 6.92. The van der Waals surface area contributed by atoms with Crippen LogP contribution in [-0.2, 0) is 0 Å². The number of carbonyl (C=O) groups excluding carboxylic acids is 1. The first-order valence-corrected chi connectivity index (χ1v) is 7.96. The first kappa shape index (κ1) is 14.8. The van der Waals surface area contributed by atoms with Gasteiger partial charge in [-0.2, -0.15) is 0 Å². The van der Waals surface area contributed by atoms with Crippen LogP contribution in [0.25, 0.3) is 11.0 Å². The third kappa shape index (κ3) is 2.97. The lowest BCUT2D eigenvalue weighted by atomic mass is 10.2. The van der Waals surface area contributed by atoms with E-state index in [1.807, 2.05) is 25.1 Å². The van der Waals surface area contributed by atoms with Gasteiger partial charge in [0.2, 0.25) is 0 Å². The molecule has 4 nitrogen and oxygen atoms in total. The zero-order chi connectivity index (χ0) is 16.7. The zero-order valence-corrected chi connectivity index (χ0v) is 13.2. The Morgan fingerprint density at radius 2 is 1.96 bits per heavy atom. The van der Waals surface area contributed by atoms with Crippen LogP contribution >= 0.6 is 0 Å². The molecule has 1 amide bonds. The minimum Gasteiger partial charge on any atom is -0.451 e. The summed E-state index contributed by atoms with van der Waals surface area (Å²) in [7, 11) is 0. The maximum atomic E-state index is 13.5. The van der Waals surface area contributed by atoms with Gasteiger partial charge in [-0.15, -0.1) is 0 Å². The van der Waals surface area contributed by atoms with Gasteiger partial charge in [-0.1, -0.05) is 11.6 Å². The summed E-state index contributed by atoms with van der Waals surface area (Å²) in [5.74, 6) is -0.457. The van der Waals surface area contributed by atoms with Crippen molar-refractivity contribution in [1.82, 2.24) is 0 Å². The smallest absolute Gasteiger partial charge is 0.291 e. The fraction of sp³-hybridized carbons (Fsp3) is 0.211. The molecule has 4 rings (SSSR count). The number of fused-ring (bicyclic) bond motifs is 1. The molecule has 0 bridgehead atoms. The van der Waals surface area contributed by atoms with Gasteiger partial charge in [0, 0.05) is 11.4 Å². The van der Waals surface area contributed by atoms with Crippen LogP contribution in [0.15, 0.2) is 46.9 Å². The molecule has 0 atom stereocenters. The Balaban J connectivity index is 1.60. The van der Waals surface area contributed by atoms with E-state index in [0.29, 0.717) is 23.0 Å². The zero-order valence-electron chi connectivity index (χ0n) is 13.2. The van der Waals surface area contributed by atoms with Crippen LogP contribution in [0.3, 0.4) is 0 Å². The molecule has 3 aromatic rings. The first-order chi connectivity index (χ1) is 11.6. The number of benzene rings is 2. The molecule has 1 fully saturated rings. The van der Waals surface area contributed by atoms with Crippen LogP contribution in [0, 0.1) is 12.7 Å². The van der Waals surface area contributed by atoms with Gasteiger partial charge >= 0.3 is 0 Å². The predicted octanol–water partition coefficient (Wildman–Crippen LogP) is 4.71. The van der Waals surface area contributed by atoms with Crippen molar-refractivity contribution in [3.05, 3.63) is 59.6 Å². The van der Waals surface area contributed by atoms with Gasteiger partial charge in [-0.25, -0.2) is 4.39 Å². The van der Waals surface area contributed by atoms with Crippen molar-refractivity contribution in [1.29, 1.82) is 0 Å². The van der Waals surface area contributed by atoms with Gasteiger partial charge in [-0.05, 0) is 56.2 Å². The molecule has 1 heterocycles. The predicted molar refractivity (Wildman–Crippen MR) is 91.9 cm³/mol. The number of rotatable bonds is 4. The summed E-state index contributed by atoms with van der Waals surface area (Å²) in [6, 6.07) is 12.1. The van der Waals surface area contributed by atoms with Crippen LogP contribution in [0.1, 0.15) is 29.0 Å². The molecule has 122 valence electrons. The van der Waals surface area contributed by atoms with Gasteiger partial charge in [0.1, 0.15) is 11.4 Å². The van der Waals surface area contributed by atoms with Gasteiger partial charge in [-0.3, -0.25) is 4.79 Å². The van der Waals surface area contributed by atoms with Crippen LogP contribution in [0.4, 0.5) is 15.8 Å². The monoisotopic (exact) mass is 324 g/mol. The normalized spacial score (nSPS) is 13.9. The second-order valence-corrected chi connectivity index (χ2v) is 6.21. The van der Waals surface area contributed by atoms with Crippen molar-refractivity contribution in [3.8, 4) is 0 Å². The minimum absolute atomic E-state index is 0.234. The van der Waals surface area contributed by atoms with Crippen molar-refractivity contribution >= 4 is 28.3 Å². The molecule has 1 aliphatic carbocycles. The topological polar surface area (TPSA) is 54.3 Å². The molecule has 0 radical (unpaired) electrons. The lowest BCUT2D eigenvalue weighted by Gasteiger charge is -2.12. The van der Waals surface area contributed by atoms with Crippen LogP contribution < -0.4 is 10.6 Å². The Morgan fingerprint density at radius 1 is 1.12 bits per heavy atom. The van der Waals surface area contributed by atoms with E-state index < -0.39 is 0 Å². The summed E-state index contributed by atoms with van der Waals surface area (Å²) in [6.45, 7) is 1.99. The molecule has 0 aliphatic heterocycles. The standard InChI is InChI=1S/C19H17FN2O2/c1-11-2-7-17-12(8-11)9-18(24-17)19(23)22-15-6-3-13(20)10-16(15)21-14-4-5-14/h2-3,6-10,14,21H,4-5H2,1H3,(H,22,23). The Labute approximate surface area is 138 Å². The van der Waals surface area contributed by atoms with Gasteiger partial charge < -0.3 is 15.1 Å². The van der Waals surface area contributed by atoms with Gasteiger partial charge in [0.05, 0.1) is 11.4 Å². The minimum atomic E-state index is -0.352. The Kier molecular flexibility index (Phi) is 3.49. The summed E-state index contributed by atoms with van der Waals surface area (Å²) >= 11 is 0. The second-order valence-electron chi connectivity index (χ2n) is 6.21. The quantitative estimate of drug-likeness (QED) is 0.731. The third-order valence-electron chi connectivity index (χ3n) is 4.06. The van der Waals surface area contributed by atoms with Crippen LogP contribution in [0.5, 0.6) is 0 Å². The van der Waals surface area contributed by atoms with Crippen molar-refractivity contribution in [2.75, 3.05) is 10.6 Å². The molecule has 2 N–H and O–H groups in total. The molecule has 1 saturated carbocycles. The van der Waals surface area contributed by atoms with Crippen molar-refractivity contribution in [2.24, 2.45) is 0 Å². The molecule has 0 spiro atoms. The van der Waals surface area contributed by atoms with E-state index in [4.69, 9.17) is 4.42 Å². The van der Waals surface area contributed by atoms with E-state index in [2.05, 4.69) is 10.6 Å². The highest BCUT2D eigenvalue weighted by atomic mass is 19.1. The summed E-state index contributed by atoms with van der Waals surface area (Å²) < 4.78 is 19.1. The first-order valence-electron chi connectivity index (χ1n) is 7.96. The van der Waals surface area contributed by atoms with E-state index in [-0.39, 0.29) is 17.5 Å². The van der Waals surface area contributed by atoms with Crippen molar-refractivity contribution < 1.29 is 13.6 Å². The number of halogens is 1. The summed E-state index contributed by atoms with van der Waals surface area (Å²) in [5.41, 5.74) is 2.91. The van der Waals surface area contributed by atoms with Crippen LogP contribution in [-0.4, -0.2) is 11.9 Å². The van der Waals surface area contributed by atoms with E-state index in [1.54, 1.807) is 12.1 Å². The average molecular weight is 324 g/mol. The fourth-order valence-electron chi connectivity index (χ4n) is 2.65. The van der Waals surface area contributed by atoms with Gasteiger partial charge in [0.25, 0.3) is 5.91 Å². The Morgan fingerprint density at radius 3 is 2.75 bits per heavy atom. The highest BCUT2D eigenvalue weighted by Gasteiger charge is 2.23. The lowest BCUT2D eigenvalue weighted by molar-refractivity contribution is 0.0998. The Bertz CT molecular complexity index is 928. The molecule has 1 aromatic heterocycles. The molecule has 0 saturated heterocycles. The molecule has 0 unspecified atom stereocenters. The van der Waals surface area contributed by atoms with Crippen molar-refractivity contribution in [2.45, 2.75) is 25.8 Å². The molecule has 1 aliphatic rings. The van der Waals surface area contributed by atoms with E-state index in [0.717, 1.165) is 23.8 Å². The third-order valence-corrected chi connectivity index (χ3v) is 4.06. The fourth-order valence-corrected chi connectivity index (χ4v) is 2.65. The number of amides is 1. The average Bonchev–Trinajstić information content (AvgIpc) is 3.25. The molecule has 5 heteroatoms. The highest BCUT2D eigenvalue weighted by Crippen LogP contribution is 2.31. The van der Waals surface area contributed by atoms with Crippen LogP contribution in [0.2, 0.25) is 0 Å². The number of furan rings is 1. The van der Waals surface area contributed by atoms with Gasteiger partial charge in [0.15, 0.2) is 5.76 Å². The second kappa shape index (κ2) is 5.67. The highest BCUT2D eigenvalue weighted by molar-refractivity contribution is 6.06. The van der Waals surface area contributed by atoms with E-state index >= 15 is 0 Å². The number of carbonyl (C=O) groups is 1. The van der Waals surface area contributed by atoms with E-state index in [9.17, 15) is 9.18 Å². The number of hydrogen-bond donors (Lipinski definition) is 2. The number of nitrogens with one attached hydrogen (secondary N) is 2. The molecule has 24 heavy (non-hydrogen) atoms. The summed E-state index contributed by atoms with van der Waals surface area (Å²) in [6.07, 6.45) is 2.12. The maximum absolute atomic E-state index is 13.5. The summed E-state index contributed by atoms with van der Waals surface area (Å²) in [4.78, 5) is 12.5. The number of anilines is 2. The van der Waals surface area contributed by atoms with Crippen molar-refractivity contribution in [3.63, 3.8) is 0 Å². The SMILES string of the molecule is Cc1ccc2oc(C(=O)Nc3ccc(F)cc3NC3CC3)cc2c1. The number of aryl methyl sites for hydroxylation is 1.